The highest BCUT2D eigenvalue weighted by molar-refractivity contribution is 6.39. The van der Waals surface area contributed by atoms with Crippen LogP contribution >= 0.6 is 0 Å². The zero-order chi connectivity index (χ0) is 11.1. The summed E-state index contributed by atoms with van der Waals surface area (Å²) in [6.45, 7) is 1.68. The highest BCUT2D eigenvalue weighted by atomic mass is 16.5. The molecule has 0 aliphatic carbocycles. The molecular weight excluding hydrogens is 194 g/mol. The largest absolute Gasteiger partial charge is 0.376 e. The highest BCUT2D eigenvalue weighted by Gasteiger charge is 2.04. The Kier molecular flexibility index (Phi) is 4.43. The van der Waals surface area contributed by atoms with Gasteiger partial charge in [-0.25, -0.2) is 0 Å². The number of Topliss-reactive ketones (excluding diaryl/α,β-unsaturated/α-hetero) is 1. The van der Waals surface area contributed by atoms with Crippen LogP contribution in [-0.2, 0) is 9.53 Å². The fraction of sp³-hybridized carbons (Fsp3) is 0.300. The second-order valence-electron chi connectivity index (χ2n) is 2.90. The predicted octanol–water partition coefficient (Wildman–Crippen LogP) is 1.08. The maximum atomic E-state index is 11.3. The van der Waals surface area contributed by atoms with Gasteiger partial charge in [0, 0.05) is 19.5 Å². The number of methoxy groups -OCH3 is 1. The molecule has 1 rings (SSSR count). The minimum atomic E-state index is -0.140. The maximum absolute atomic E-state index is 11.3. The van der Waals surface area contributed by atoms with Crippen LogP contribution in [0.5, 0.6) is 0 Å². The van der Waals surface area contributed by atoms with Gasteiger partial charge in [-0.05, 0) is 19.1 Å². The smallest absolute Gasteiger partial charge is 0.204 e. The Hall–Kier alpha value is -1.75. The summed E-state index contributed by atoms with van der Waals surface area (Å²) >= 11 is 0. The Labute approximate surface area is 88.2 Å². The van der Waals surface area contributed by atoms with Crippen molar-refractivity contribution in [3.05, 3.63) is 24.5 Å². The number of carbonyl (C=O) groups is 1. The molecule has 0 amide bonds. The SMILES string of the molecule is COCC(=O)/C(C)=N\Nc1ccncc1. The first-order valence-electron chi connectivity index (χ1n) is 4.46. The fourth-order valence-corrected chi connectivity index (χ4v) is 0.873. The van der Waals surface area contributed by atoms with Gasteiger partial charge in [-0.1, -0.05) is 0 Å². The molecule has 15 heavy (non-hydrogen) atoms. The average Bonchev–Trinajstić information content (AvgIpc) is 2.27. The number of anilines is 1. The zero-order valence-corrected chi connectivity index (χ0v) is 8.73. The van der Waals surface area contributed by atoms with Gasteiger partial charge in [0.05, 0.1) is 5.69 Å². The monoisotopic (exact) mass is 207 g/mol. The molecule has 1 aromatic heterocycles. The lowest BCUT2D eigenvalue weighted by atomic mass is 10.3. The normalized spacial score (nSPS) is 11.2. The van der Waals surface area contributed by atoms with Gasteiger partial charge in [-0.15, -0.1) is 0 Å². The number of nitrogens with zero attached hydrogens (tertiary/aromatic N) is 2. The van der Waals surface area contributed by atoms with E-state index in [9.17, 15) is 4.79 Å². The van der Waals surface area contributed by atoms with Gasteiger partial charge in [-0.3, -0.25) is 15.2 Å². The quantitative estimate of drug-likeness (QED) is 0.579. The summed E-state index contributed by atoms with van der Waals surface area (Å²) in [7, 11) is 1.47. The van der Waals surface area contributed by atoms with E-state index in [4.69, 9.17) is 4.74 Å². The van der Waals surface area contributed by atoms with Gasteiger partial charge >= 0.3 is 0 Å². The molecule has 0 fully saturated rings. The first-order chi connectivity index (χ1) is 7.24. The van der Waals surface area contributed by atoms with Gasteiger partial charge in [0.25, 0.3) is 0 Å². The van der Waals surface area contributed by atoms with Crippen LogP contribution in [-0.4, -0.2) is 30.2 Å². The van der Waals surface area contributed by atoms with Crippen LogP contribution in [0, 0.1) is 0 Å². The summed E-state index contributed by atoms with van der Waals surface area (Å²) < 4.78 is 4.71. The van der Waals surface area contributed by atoms with Crippen LogP contribution in [0.2, 0.25) is 0 Å². The van der Waals surface area contributed by atoms with Crippen molar-refractivity contribution in [2.45, 2.75) is 6.92 Å². The first-order valence-corrected chi connectivity index (χ1v) is 4.46. The van der Waals surface area contributed by atoms with Gasteiger partial charge in [0.2, 0.25) is 5.78 Å². The molecule has 5 heteroatoms. The molecule has 80 valence electrons. The van der Waals surface area contributed by atoms with Crippen LogP contribution in [0.1, 0.15) is 6.92 Å². The number of hydrogen-bond acceptors (Lipinski definition) is 5. The van der Waals surface area contributed by atoms with Crippen molar-refractivity contribution >= 4 is 17.2 Å². The van der Waals surface area contributed by atoms with Crippen LogP contribution in [0.4, 0.5) is 5.69 Å². The topological polar surface area (TPSA) is 63.6 Å². The average molecular weight is 207 g/mol. The predicted molar refractivity (Wildman–Crippen MR) is 57.9 cm³/mol. The number of ketones is 1. The van der Waals surface area contributed by atoms with Crippen LogP contribution in [0.25, 0.3) is 0 Å². The van der Waals surface area contributed by atoms with Crippen molar-refractivity contribution in [2.75, 3.05) is 19.1 Å². The van der Waals surface area contributed by atoms with Crippen LogP contribution < -0.4 is 5.43 Å². The first kappa shape index (κ1) is 11.3. The number of hydrogen-bond donors (Lipinski definition) is 1. The second-order valence-corrected chi connectivity index (χ2v) is 2.90. The minimum absolute atomic E-state index is 0.0490. The highest BCUT2D eigenvalue weighted by Crippen LogP contribution is 2.02. The van der Waals surface area contributed by atoms with E-state index < -0.39 is 0 Å². The molecular formula is C10H13N3O2. The van der Waals surface area contributed by atoms with Crippen molar-refractivity contribution in [2.24, 2.45) is 5.10 Å². The lowest BCUT2D eigenvalue weighted by molar-refractivity contribution is -0.116. The molecule has 0 saturated heterocycles. The summed E-state index contributed by atoms with van der Waals surface area (Å²) in [6, 6.07) is 3.52. The lowest BCUT2D eigenvalue weighted by Gasteiger charge is -2.01. The van der Waals surface area contributed by atoms with Crippen molar-refractivity contribution in [1.82, 2.24) is 4.98 Å². The molecule has 1 aromatic rings. The lowest BCUT2D eigenvalue weighted by Crippen LogP contribution is -2.17. The van der Waals surface area contributed by atoms with Crippen molar-refractivity contribution in [3.8, 4) is 0 Å². The van der Waals surface area contributed by atoms with Gasteiger partial charge in [-0.2, -0.15) is 5.10 Å². The number of pyridine rings is 1. The molecule has 0 aliphatic rings. The Bertz CT molecular complexity index is 349. The van der Waals surface area contributed by atoms with Crippen molar-refractivity contribution in [3.63, 3.8) is 0 Å². The number of ether oxygens (including phenoxy) is 1. The summed E-state index contributed by atoms with van der Waals surface area (Å²) in [5.41, 5.74) is 3.92. The molecule has 0 bridgehead atoms. The molecule has 0 radical (unpaired) electrons. The standard InChI is InChI=1S/C10H13N3O2/c1-8(10(14)7-15-2)12-13-9-3-5-11-6-4-9/h3-6H,7H2,1-2H3,(H,11,13)/b12-8-. The molecule has 1 heterocycles. The van der Waals surface area contributed by atoms with Crippen molar-refractivity contribution < 1.29 is 9.53 Å². The minimum Gasteiger partial charge on any atom is -0.376 e. The number of carbonyl (C=O) groups excluding carboxylic acids is 1. The molecule has 0 spiro atoms. The summed E-state index contributed by atoms with van der Waals surface area (Å²) in [4.78, 5) is 15.1. The molecule has 0 saturated carbocycles. The number of aromatic nitrogens is 1. The molecule has 0 aromatic carbocycles. The zero-order valence-electron chi connectivity index (χ0n) is 8.73. The summed E-state index contributed by atoms with van der Waals surface area (Å²) in [5.74, 6) is -0.140. The number of nitrogens with one attached hydrogen (secondary N) is 1. The van der Waals surface area contributed by atoms with E-state index in [0.29, 0.717) is 5.71 Å². The Morgan fingerprint density at radius 3 is 2.80 bits per heavy atom. The molecule has 5 nitrogen and oxygen atoms in total. The summed E-state index contributed by atoms with van der Waals surface area (Å²) in [6.07, 6.45) is 3.29. The van der Waals surface area contributed by atoms with Gasteiger partial charge in [0.1, 0.15) is 12.3 Å². The molecule has 0 aliphatic heterocycles. The van der Waals surface area contributed by atoms with E-state index >= 15 is 0 Å². The third-order valence-corrected chi connectivity index (χ3v) is 1.71. The maximum Gasteiger partial charge on any atom is 0.204 e. The fourth-order valence-electron chi connectivity index (χ4n) is 0.873. The second kappa shape index (κ2) is 5.87. The van der Waals surface area contributed by atoms with Crippen molar-refractivity contribution in [1.29, 1.82) is 0 Å². The van der Waals surface area contributed by atoms with E-state index in [1.807, 2.05) is 0 Å². The third-order valence-electron chi connectivity index (χ3n) is 1.71. The number of rotatable bonds is 5. The number of hydrazone groups is 1. The Balaban J connectivity index is 2.54. The Morgan fingerprint density at radius 2 is 2.20 bits per heavy atom. The van der Waals surface area contributed by atoms with Crippen LogP contribution in [0.3, 0.4) is 0 Å². The van der Waals surface area contributed by atoms with E-state index in [-0.39, 0.29) is 12.4 Å². The van der Waals surface area contributed by atoms with E-state index in [1.165, 1.54) is 7.11 Å². The van der Waals surface area contributed by atoms with E-state index in [0.717, 1.165) is 5.69 Å². The summed E-state index contributed by atoms with van der Waals surface area (Å²) in [5, 5.41) is 3.92. The van der Waals surface area contributed by atoms with Gasteiger partial charge < -0.3 is 4.74 Å². The van der Waals surface area contributed by atoms with Gasteiger partial charge in [0.15, 0.2) is 0 Å². The molecule has 1 N–H and O–H groups in total. The molecule has 0 unspecified atom stereocenters. The van der Waals surface area contributed by atoms with E-state index in [1.54, 1.807) is 31.5 Å². The third kappa shape index (κ3) is 3.86. The van der Waals surface area contributed by atoms with Crippen LogP contribution in [0.15, 0.2) is 29.6 Å². The molecule has 0 atom stereocenters. The van der Waals surface area contributed by atoms with E-state index in [2.05, 4.69) is 15.5 Å². The Morgan fingerprint density at radius 1 is 1.53 bits per heavy atom.